The number of rotatable bonds is 4. The number of hydrogen-bond donors (Lipinski definition) is 0. The lowest BCUT2D eigenvalue weighted by atomic mass is 9.71. The maximum atomic E-state index is 12.3. The van der Waals surface area contributed by atoms with E-state index in [0.29, 0.717) is 6.61 Å². The summed E-state index contributed by atoms with van der Waals surface area (Å²) in [5, 5.41) is 0. The number of methoxy groups -OCH3 is 1. The molecule has 2 heteroatoms. The number of hydrogen-bond acceptors (Lipinski definition) is 2. The Hall–Kier alpha value is -0.890. The molecule has 0 aromatic heterocycles. The number of allylic oxidation sites excluding steroid dienone is 2. The van der Waals surface area contributed by atoms with Gasteiger partial charge in [-0.1, -0.05) is 37.1 Å². The lowest BCUT2D eigenvalue weighted by Gasteiger charge is -2.32. The van der Waals surface area contributed by atoms with Gasteiger partial charge >= 0.3 is 0 Å². The number of carbonyl (C=O) groups excluding carboxylic acids is 1. The summed E-state index contributed by atoms with van der Waals surface area (Å²) in [6.45, 7) is 8.35. The standard InChI is InChI=1S/C13H20O2/c1-9(2)12(14)13(8-15-5)10(3)6-7-11(13)4/h6-7,9H,8H2,1-5H3. The Kier molecular flexibility index (Phi) is 3.50. The predicted octanol–water partition coefficient (Wildman–Crippen LogP) is 2.75. The van der Waals surface area contributed by atoms with Gasteiger partial charge in [0.15, 0.2) is 5.78 Å². The molecule has 0 saturated heterocycles. The van der Waals surface area contributed by atoms with E-state index in [1.165, 1.54) is 0 Å². The molecular formula is C13H20O2. The molecule has 1 aliphatic rings. The highest BCUT2D eigenvalue weighted by atomic mass is 16.5. The number of carbonyl (C=O) groups is 1. The van der Waals surface area contributed by atoms with E-state index in [2.05, 4.69) is 0 Å². The molecule has 1 aliphatic carbocycles. The second-order valence-corrected chi connectivity index (χ2v) is 4.56. The van der Waals surface area contributed by atoms with E-state index in [0.717, 1.165) is 11.1 Å². The molecule has 0 amide bonds. The van der Waals surface area contributed by atoms with Gasteiger partial charge in [0.1, 0.15) is 0 Å². The number of Topliss-reactive ketones (excluding diaryl/α,β-unsaturated/α-hetero) is 1. The monoisotopic (exact) mass is 208 g/mol. The second-order valence-electron chi connectivity index (χ2n) is 4.56. The van der Waals surface area contributed by atoms with Gasteiger partial charge < -0.3 is 4.74 Å². The Bertz CT molecular complexity index is 303. The number of ketones is 1. The third kappa shape index (κ3) is 1.78. The molecule has 0 unspecified atom stereocenters. The average Bonchev–Trinajstić information content (AvgIpc) is 2.46. The van der Waals surface area contributed by atoms with Crippen molar-refractivity contribution in [2.24, 2.45) is 11.3 Å². The first-order valence-corrected chi connectivity index (χ1v) is 5.36. The van der Waals surface area contributed by atoms with Crippen molar-refractivity contribution in [3.8, 4) is 0 Å². The van der Waals surface area contributed by atoms with Gasteiger partial charge in [-0.15, -0.1) is 0 Å². The minimum absolute atomic E-state index is 0.0324. The van der Waals surface area contributed by atoms with Gasteiger partial charge in [-0.05, 0) is 13.8 Å². The molecule has 0 heterocycles. The Morgan fingerprint density at radius 1 is 1.33 bits per heavy atom. The van der Waals surface area contributed by atoms with E-state index in [1.54, 1.807) is 7.11 Å². The summed E-state index contributed by atoms with van der Waals surface area (Å²) in [4.78, 5) is 12.3. The van der Waals surface area contributed by atoms with Crippen LogP contribution in [0.3, 0.4) is 0 Å². The first-order valence-electron chi connectivity index (χ1n) is 5.36. The molecule has 0 N–H and O–H groups in total. The lowest BCUT2D eigenvalue weighted by molar-refractivity contribution is -0.130. The van der Waals surface area contributed by atoms with Gasteiger partial charge in [0.05, 0.1) is 12.0 Å². The first-order chi connectivity index (χ1) is 6.96. The molecule has 2 nitrogen and oxygen atoms in total. The Labute approximate surface area is 92.0 Å². The second kappa shape index (κ2) is 4.31. The van der Waals surface area contributed by atoms with Crippen LogP contribution in [-0.2, 0) is 9.53 Å². The molecule has 0 aromatic carbocycles. The molecule has 84 valence electrons. The summed E-state index contributed by atoms with van der Waals surface area (Å²) in [5.74, 6) is 0.286. The molecule has 0 saturated carbocycles. The van der Waals surface area contributed by atoms with Crippen molar-refractivity contribution in [3.05, 3.63) is 23.3 Å². The van der Waals surface area contributed by atoms with E-state index >= 15 is 0 Å². The summed E-state index contributed by atoms with van der Waals surface area (Å²) >= 11 is 0. The maximum Gasteiger partial charge on any atom is 0.151 e. The predicted molar refractivity (Wildman–Crippen MR) is 61.7 cm³/mol. The fraction of sp³-hybridized carbons (Fsp3) is 0.615. The summed E-state index contributed by atoms with van der Waals surface area (Å²) in [7, 11) is 1.65. The highest BCUT2D eigenvalue weighted by Gasteiger charge is 2.44. The SMILES string of the molecule is COCC1(C(=O)C(C)C)C(C)=CC=C1C. The molecule has 1 rings (SSSR count). The Morgan fingerprint density at radius 3 is 2.13 bits per heavy atom. The van der Waals surface area contributed by atoms with Crippen LogP contribution in [0.2, 0.25) is 0 Å². The van der Waals surface area contributed by atoms with Crippen molar-refractivity contribution in [1.29, 1.82) is 0 Å². The molecule has 0 aromatic rings. The molecule has 0 aliphatic heterocycles. The van der Waals surface area contributed by atoms with Crippen LogP contribution in [0.25, 0.3) is 0 Å². The summed E-state index contributed by atoms with van der Waals surface area (Å²) in [6, 6.07) is 0. The van der Waals surface area contributed by atoms with Crippen LogP contribution in [0.1, 0.15) is 27.7 Å². The zero-order valence-electron chi connectivity index (χ0n) is 10.3. The zero-order valence-corrected chi connectivity index (χ0v) is 10.3. The average molecular weight is 208 g/mol. The van der Waals surface area contributed by atoms with Gasteiger partial charge in [-0.2, -0.15) is 0 Å². The topological polar surface area (TPSA) is 26.3 Å². The molecule has 15 heavy (non-hydrogen) atoms. The van der Waals surface area contributed by atoms with Crippen LogP contribution in [-0.4, -0.2) is 19.5 Å². The number of ether oxygens (including phenoxy) is 1. The minimum atomic E-state index is -0.497. The molecular weight excluding hydrogens is 188 g/mol. The van der Waals surface area contributed by atoms with Crippen molar-refractivity contribution in [3.63, 3.8) is 0 Å². The van der Waals surface area contributed by atoms with Crippen molar-refractivity contribution >= 4 is 5.78 Å². The molecule has 0 fully saturated rings. The van der Waals surface area contributed by atoms with Crippen LogP contribution < -0.4 is 0 Å². The van der Waals surface area contributed by atoms with Gasteiger partial charge in [0.2, 0.25) is 0 Å². The fourth-order valence-electron chi connectivity index (χ4n) is 2.24. The Balaban J connectivity index is 3.15. The molecule has 0 spiro atoms. The van der Waals surface area contributed by atoms with Crippen molar-refractivity contribution in [2.75, 3.05) is 13.7 Å². The van der Waals surface area contributed by atoms with Gasteiger partial charge in [-0.3, -0.25) is 4.79 Å². The molecule has 0 bridgehead atoms. The summed E-state index contributed by atoms with van der Waals surface area (Å²) in [5.41, 5.74) is 1.70. The fourth-order valence-corrected chi connectivity index (χ4v) is 2.24. The van der Waals surface area contributed by atoms with Crippen molar-refractivity contribution in [1.82, 2.24) is 0 Å². The molecule has 0 atom stereocenters. The lowest BCUT2D eigenvalue weighted by Crippen LogP contribution is -2.39. The summed E-state index contributed by atoms with van der Waals surface area (Å²) < 4.78 is 5.24. The Morgan fingerprint density at radius 2 is 1.80 bits per heavy atom. The quantitative estimate of drug-likeness (QED) is 0.710. The normalized spacial score (nSPS) is 19.1. The zero-order chi connectivity index (χ0) is 11.6. The van der Waals surface area contributed by atoms with Gasteiger partial charge in [-0.25, -0.2) is 0 Å². The highest BCUT2D eigenvalue weighted by Crippen LogP contribution is 2.42. The van der Waals surface area contributed by atoms with E-state index in [1.807, 2.05) is 39.8 Å². The van der Waals surface area contributed by atoms with Gasteiger partial charge in [0, 0.05) is 13.0 Å². The smallest absolute Gasteiger partial charge is 0.151 e. The third-order valence-corrected chi connectivity index (χ3v) is 3.24. The van der Waals surface area contributed by atoms with E-state index in [4.69, 9.17) is 4.74 Å². The van der Waals surface area contributed by atoms with Crippen LogP contribution in [0, 0.1) is 11.3 Å². The maximum absolute atomic E-state index is 12.3. The van der Waals surface area contributed by atoms with Crippen molar-refractivity contribution < 1.29 is 9.53 Å². The summed E-state index contributed by atoms with van der Waals surface area (Å²) in [6.07, 6.45) is 4.04. The van der Waals surface area contributed by atoms with Crippen LogP contribution in [0.4, 0.5) is 0 Å². The first kappa shape index (κ1) is 12.2. The van der Waals surface area contributed by atoms with Crippen molar-refractivity contribution in [2.45, 2.75) is 27.7 Å². The van der Waals surface area contributed by atoms with Crippen LogP contribution in [0.15, 0.2) is 23.3 Å². The van der Waals surface area contributed by atoms with Gasteiger partial charge in [0.25, 0.3) is 0 Å². The van der Waals surface area contributed by atoms with Crippen LogP contribution >= 0.6 is 0 Å². The third-order valence-electron chi connectivity index (χ3n) is 3.24. The largest absolute Gasteiger partial charge is 0.383 e. The van der Waals surface area contributed by atoms with E-state index < -0.39 is 5.41 Å². The highest BCUT2D eigenvalue weighted by molar-refractivity contribution is 5.93. The van der Waals surface area contributed by atoms with E-state index in [-0.39, 0.29) is 11.7 Å². The minimum Gasteiger partial charge on any atom is -0.383 e. The van der Waals surface area contributed by atoms with Crippen LogP contribution in [0.5, 0.6) is 0 Å². The van der Waals surface area contributed by atoms with E-state index in [9.17, 15) is 4.79 Å². The molecule has 0 radical (unpaired) electrons.